The molecule has 0 spiro atoms. The van der Waals surface area contributed by atoms with E-state index in [-0.39, 0.29) is 5.41 Å². The van der Waals surface area contributed by atoms with Crippen LogP contribution in [0.2, 0.25) is 0 Å². The third-order valence-electron chi connectivity index (χ3n) is 11.5. The average molecular weight is 705 g/mol. The van der Waals surface area contributed by atoms with Crippen LogP contribution < -0.4 is 5.32 Å². The number of anilines is 1. The number of aromatic nitrogens is 1. The van der Waals surface area contributed by atoms with Crippen LogP contribution in [0.15, 0.2) is 195 Å². The number of fused-ring (bicyclic) bond motifs is 9. The van der Waals surface area contributed by atoms with Gasteiger partial charge >= 0.3 is 0 Å². The zero-order valence-electron chi connectivity index (χ0n) is 31.1. The van der Waals surface area contributed by atoms with Gasteiger partial charge in [-0.25, -0.2) is 0 Å². The molecule has 262 valence electrons. The lowest BCUT2D eigenvalue weighted by Crippen LogP contribution is -2.14. The Bertz CT molecular complexity index is 3040. The summed E-state index contributed by atoms with van der Waals surface area (Å²) in [6, 6.07) is 61.5. The van der Waals surface area contributed by atoms with Crippen LogP contribution >= 0.6 is 0 Å². The minimum Gasteiger partial charge on any atom is -0.362 e. The van der Waals surface area contributed by atoms with Gasteiger partial charge in [0, 0.05) is 39.3 Å². The van der Waals surface area contributed by atoms with Gasteiger partial charge in [0.25, 0.3) is 0 Å². The fourth-order valence-corrected chi connectivity index (χ4v) is 8.71. The molecular weight excluding hydrogens is 665 g/mol. The molecule has 0 saturated carbocycles. The van der Waals surface area contributed by atoms with Crippen molar-refractivity contribution in [3.05, 3.63) is 217 Å². The first kappa shape index (κ1) is 32.7. The van der Waals surface area contributed by atoms with Crippen molar-refractivity contribution in [3.8, 4) is 16.8 Å². The van der Waals surface area contributed by atoms with E-state index in [1.54, 1.807) is 0 Å². The second-order valence-electron chi connectivity index (χ2n) is 15.2. The van der Waals surface area contributed by atoms with Crippen molar-refractivity contribution in [2.75, 3.05) is 5.32 Å². The molecule has 0 atom stereocenters. The summed E-state index contributed by atoms with van der Waals surface area (Å²) >= 11 is 0. The van der Waals surface area contributed by atoms with E-state index >= 15 is 0 Å². The van der Waals surface area contributed by atoms with Crippen LogP contribution in [0.1, 0.15) is 36.1 Å². The average Bonchev–Trinajstić information content (AvgIpc) is 3.68. The summed E-state index contributed by atoms with van der Waals surface area (Å²) < 4.78 is 2.50. The number of nitrogens with one attached hydrogen (secondary N) is 1. The minimum atomic E-state index is -0.105. The van der Waals surface area contributed by atoms with E-state index in [2.05, 4.69) is 206 Å². The first-order valence-electron chi connectivity index (χ1n) is 19.0. The molecule has 9 aromatic rings. The van der Waals surface area contributed by atoms with E-state index in [1.807, 2.05) is 12.3 Å². The summed E-state index contributed by atoms with van der Waals surface area (Å²) in [4.78, 5) is 0. The summed E-state index contributed by atoms with van der Waals surface area (Å²) in [5, 5.41) is 10.9. The lowest BCUT2D eigenvalue weighted by molar-refractivity contribution is 0.661. The van der Waals surface area contributed by atoms with Crippen LogP contribution in [0.5, 0.6) is 0 Å². The maximum Gasteiger partial charge on any atom is 0.0622 e. The van der Waals surface area contributed by atoms with Crippen LogP contribution in [-0.4, -0.2) is 4.57 Å². The molecule has 2 heteroatoms. The molecule has 2 nitrogen and oxygen atoms in total. The lowest BCUT2D eigenvalue weighted by Gasteiger charge is -2.21. The van der Waals surface area contributed by atoms with E-state index in [9.17, 15) is 0 Å². The van der Waals surface area contributed by atoms with E-state index in [0.29, 0.717) is 0 Å². The Morgan fingerprint density at radius 2 is 1.27 bits per heavy atom. The highest BCUT2D eigenvalue weighted by Crippen LogP contribution is 2.53. The minimum absolute atomic E-state index is 0.105. The molecule has 0 aliphatic heterocycles. The van der Waals surface area contributed by atoms with Crippen LogP contribution in [-0.2, 0) is 5.41 Å². The third-order valence-corrected chi connectivity index (χ3v) is 11.5. The van der Waals surface area contributed by atoms with Gasteiger partial charge in [0.05, 0.1) is 11.0 Å². The quantitative estimate of drug-likeness (QED) is 0.163. The normalized spacial score (nSPS) is 13.5. The van der Waals surface area contributed by atoms with E-state index < -0.39 is 0 Å². The molecule has 0 radical (unpaired) electrons. The van der Waals surface area contributed by atoms with Gasteiger partial charge in [-0.2, -0.15) is 0 Å². The Balaban J connectivity index is 1.18. The van der Waals surface area contributed by atoms with E-state index in [1.165, 1.54) is 65.6 Å². The number of allylic oxidation sites excluding steroid dienone is 4. The molecule has 0 unspecified atom stereocenters. The first-order valence-corrected chi connectivity index (χ1v) is 19.0. The summed E-state index contributed by atoms with van der Waals surface area (Å²) in [7, 11) is 0. The van der Waals surface area contributed by atoms with Gasteiger partial charge in [-0.05, 0) is 109 Å². The zero-order valence-corrected chi connectivity index (χ0v) is 31.1. The molecule has 10 rings (SSSR count). The molecule has 0 amide bonds. The van der Waals surface area contributed by atoms with Crippen LogP contribution in [0.25, 0.3) is 71.3 Å². The van der Waals surface area contributed by atoms with Gasteiger partial charge < -0.3 is 9.88 Å². The lowest BCUT2D eigenvalue weighted by atomic mass is 9.82. The molecule has 1 heterocycles. The predicted molar refractivity (Wildman–Crippen MR) is 236 cm³/mol. The molecule has 1 N–H and O–H groups in total. The number of hydrogen-bond acceptors (Lipinski definition) is 1. The van der Waals surface area contributed by atoms with Crippen molar-refractivity contribution in [2.45, 2.75) is 19.3 Å². The molecule has 8 aromatic carbocycles. The third kappa shape index (κ3) is 5.49. The van der Waals surface area contributed by atoms with Crippen LogP contribution in [0, 0.1) is 0 Å². The monoisotopic (exact) mass is 704 g/mol. The highest BCUT2D eigenvalue weighted by atomic mass is 15.0. The predicted octanol–water partition coefficient (Wildman–Crippen LogP) is 14.1. The summed E-state index contributed by atoms with van der Waals surface area (Å²) in [6.07, 6.45) is 6.42. The first-order chi connectivity index (χ1) is 26.9. The molecule has 0 bridgehead atoms. The number of nitrogens with zero attached hydrogens (tertiary/aromatic N) is 1. The Hall–Kier alpha value is -6.90. The number of benzene rings is 8. The fourth-order valence-electron chi connectivity index (χ4n) is 8.71. The van der Waals surface area contributed by atoms with Gasteiger partial charge in [0.15, 0.2) is 0 Å². The van der Waals surface area contributed by atoms with Gasteiger partial charge in [0.2, 0.25) is 0 Å². The van der Waals surface area contributed by atoms with Gasteiger partial charge in [-0.1, -0.05) is 154 Å². The Morgan fingerprint density at radius 3 is 2.07 bits per heavy atom. The van der Waals surface area contributed by atoms with E-state index in [0.717, 1.165) is 33.6 Å². The van der Waals surface area contributed by atoms with Crippen molar-refractivity contribution in [1.82, 2.24) is 4.57 Å². The highest BCUT2D eigenvalue weighted by molar-refractivity contribution is 6.16. The van der Waals surface area contributed by atoms with Crippen molar-refractivity contribution in [2.24, 2.45) is 0 Å². The van der Waals surface area contributed by atoms with Crippen molar-refractivity contribution in [3.63, 3.8) is 0 Å². The number of rotatable bonds is 7. The summed E-state index contributed by atoms with van der Waals surface area (Å²) in [5.74, 6) is 0. The standard InChI is InChI=1S/C53H40N2/c1-35(36-13-5-4-6-14-36)31-42(29-30-54-43-24-21-37-15-7-9-17-39(37)32-43)41-23-28-50-47(34-41)45-26-27-49-51(46-19-11-12-20-48(46)53(49,2)3)52(45)55(50)44-25-22-38-16-8-10-18-40(38)33-44/h4-34,54H,1H2,2-3H3/b30-29-,42-31+. The SMILES string of the molecule is C=C(/C=C(\C=C/Nc1ccc2ccccc2c1)c1ccc2c(c1)c1ccc3c(c1n2-c1ccc2ccccc2c1)-c1ccccc1C3(C)C)c1ccccc1. The van der Waals surface area contributed by atoms with E-state index in [4.69, 9.17) is 0 Å². The molecule has 1 aliphatic carbocycles. The Labute approximate surface area is 322 Å². The highest BCUT2D eigenvalue weighted by Gasteiger charge is 2.37. The smallest absolute Gasteiger partial charge is 0.0622 e. The maximum absolute atomic E-state index is 4.51. The van der Waals surface area contributed by atoms with Crippen LogP contribution in [0.4, 0.5) is 5.69 Å². The largest absolute Gasteiger partial charge is 0.362 e. The molecule has 1 aromatic heterocycles. The second kappa shape index (κ2) is 12.9. The Morgan fingerprint density at radius 1 is 0.582 bits per heavy atom. The molecule has 55 heavy (non-hydrogen) atoms. The Kier molecular flexibility index (Phi) is 7.67. The van der Waals surface area contributed by atoms with Gasteiger partial charge in [-0.3, -0.25) is 0 Å². The summed E-state index contributed by atoms with van der Waals surface area (Å²) in [6.45, 7) is 9.23. The molecule has 0 saturated heterocycles. The van der Waals surface area contributed by atoms with Crippen LogP contribution in [0.3, 0.4) is 0 Å². The summed E-state index contributed by atoms with van der Waals surface area (Å²) in [5.41, 5.74) is 14.2. The number of hydrogen-bond donors (Lipinski definition) is 1. The maximum atomic E-state index is 4.51. The zero-order chi connectivity index (χ0) is 37.1. The molecular formula is C53H40N2. The van der Waals surface area contributed by atoms with Crippen molar-refractivity contribution >= 4 is 60.2 Å². The fraction of sp³-hybridized carbons (Fsp3) is 0.0566. The molecule has 1 aliphatic rings. The van der Waals surface area contributed by atoms with Gasteiger partial charge in [-0.15, -0.1) is 0 Å². The molecule has 0 fully saturated rings. The second-order valence-corrected chi connectivity index (χ2v) is 15.2. The van der Waals surface area contributed by atoms with Crippen molar-refractivity contribution < 1.29 is 0 Å². The van der Waals surface area contributed by atoms with Gasteiger partial charge in [0.1, 0.15) is 0 Å². The topological polar surface area (TPSA) is 17.0 Å². The van der Waals surface area contributed by atoms with Crippen molar-refractivity contribution in [1.29, 1.82) is 0 Å².